The highest BCUT2D eigenvalue weighted by molar-refractivity contribution is 5.76. The van der Waals surface area contributed by atoms with Crippen LogP contribution in [-0.2, 0) is 14.3 Å². The van der Waals surface area contributed by atoms with E-state index in [1.165, 1.54) is 353 Å². The highest BCUT2D eigenvalue weighted by Gasteiger charge is 2.20. The average molecular weight is 1170 g/mol. The largest absolute Gasteiger partial charge is 0.466 e. The molecule has 1 amide bonds. The van der Waals surface area contributed by atoms with Crippen molar-refractivity contribution in [3.05, 3.63) is 24.3 Å². The molecular formula is C77H149NO5. The maximum absolute atomic E-state index is 12.6. The molecule has 0 fully saturated rings. The second-order valence-electron chi connectivity index (χ2n) is 26.3. The van der Waals surface area contributed by atoms with E-state index in [2.05, 4.69) is 43.5 Å². The Balaban J connectivity index is 3.40. The zero-order chi connectivity index (χ0) is 59.9. The molecule has 2 atom stereocenters. The van der Waals surface area contributed by atoms with Crippen molar-refractivity contribution in [1.82, 2.24) is 5.32 Å². The summed E-state index contributed by atoms with van der Waals surface area (Å²) < 4.78 is 5.51. The van der Waals surface area contributed by atoms with Crippen LogP contribution in [0.1, 0.15) is 431 Å². The standard InChI is InChI=1S/C77H149NO5/c1-3-5-7-9-11-13-15-17-19-21-23-24-25-26-27-30-34-37-41-45-49-53-57-61-65-69-75(80)74(73-79)78-76(81)70-66-62-58-54-50-46-42-38-35-31-28-29-32-36-40-44-48-52-56-60-64-68-72-83-77(82)71-67-63-59-55-51-47-43-39-33-22-20-18-16-14-12-10-8-6-4-2/h18,20,31,35,74-75,79-80H,3-17,19,21-30,32-34,36-73H2,1-2H3,(H,78,81)/b20-18-,35-31-. The van der Waals surface area contributed by atoms with Gasteiger partial charge in [-0.15, -0.1) is 0 Å². The lowest BCUT2D eigenvalue weighted by Gasteiger charge is -2.22. The molecule has 3 N–H and O–H groups in total. The molecule has 2 unspecified atom stereocenters. The number of esters is 1. The fourth-order valence-electron chi connectivity index (χ4n) is 12.2. The van der Waals surface area contributed by atoms with E-state index < -0.39 is 12.1 Å². The zero-order valence-electron chi connectivity index (χ0n) is 56.5. The first-order valence-electron chi connectivity index (χ1n) is 38.1. The van der Waals surface area contributed by atoms with Gasteiger partial charge in [0.15, 0.2) is 0 Å². The van der Waals surface area contributed by atoms with Gasteiger partial charge in [0.05, 0.1) is 25.4 Å². The van der Waals surface area contributed by atoms with Crippen LogP contribution in [0, 0.1) is 0 Å². The number of aliphatic hydroxyl groups excluding tert-OH is 2. The van der Waals surface area contributed by atoms with E-state index in [1.54, 1.807) is 0 Å². The molecule has 6 heteroatoms. The number of amides is 1. The fourth-order valence-corrected chi connectivity index (χ4v) is 12.2. The summed E-state index contributed by atoms with van der Waals surface area (Å²) in [6.07, 6.45) is 92.4. The number of nitrogens with one attached hydrogen (secondary N) is 1. The number of carbonyl (C=O) groups excluding carboxylic acids is 2. The number of carbonyl (C=O) groups is 2. The number of unbranched alkanes of at least 4 members (excludes halogenated alkanes) is 57. The van der Waals surface area contributed by atoms with Crippen LogP contribution in [0.15, 0.2) is 24.3 Å². The van der Waals surface area contributed by atoms with Gasteiger partial charge in [-0.1, -0.05) is 366 Å². The summed E-state index contributed by atoms with van der Waals surface area (Å²) in [4.78, 5) is 24.7. The van der Waals surface area contributed by atoms with Crippen molar-refractivity contribution in [2.24, 2.45) is 0 Å². The molecule has 0 aliphatic rings. The van der Waals surface area contributed by atoms with Crippen molar-refractivity contribution in [3.8, 4) is 0 Å². The van der Waals surface area contributed by atoms with E-state index in [-0.39, 0.29) is 18.5 Å². The minimum atomic E-state index is -0.671. The lowest BCUT2D eigenvalue weighted by molar-refractivity contribution is -0.143. The Morgan fingerprint density at radius 2 is 0.566 bits per heavy atom. The van der Waals surface area contributed by atoms with Gasteiger partial charge in [0.25, 0.3) is 0 Å². The van der Waals surface area contributed by atoms with Crippen LogP contribution in [0.4, 0.5) is 0 Å². The molecule has 6 nitrogen and oxygen atoms in total. The molecule has 0 rings (SSSR count). The van der Waals surface area contributed by atoms with Gasteiger partial charge in [0, 0.05) is 12.8 Å². The van der Waals surface area contributed by atoms with Crippen LogP contribution in [0.25, 0.3) is 0 Å². The normalized spacial score (nSPS) is 12.6. The molecule has 0 saturated heterocycles. The van der Waals surface area contributed by atoms with Crippen molar-refractivity contribution in [3.63, 3.8) is 0 Å². The first-order valence-corrected chi connectivity index (χ1v) is 38.1. The Kier molecular flexibility index (Phi) is 71.4. The van der Waals surface area contributed by atoms with Crippen LogP contribution in [0.3, 0.4) is 0 Å². The molecule has 0 aromatic heterocycles. The maximum Gasteiger partial charge on any atom is 0.305 e. The van der Waals surface area contributed by atoms with Crippen molar-refractivity contribution in [2.45, 2.75) is 443 Å². The van der Waals surface area contributed by atoms with Crippen molar-refractivity contribution in [2.75, 3.05) is 13.2 Å². The van der Waals surface area contributed by atoms with Gasteiger partial charge in [0.2, 0.25) is 5.91 Å². The highest BCUT2D eigenvalue weighted by Crippen LogP contribution is 2.19. The summed E-state index contributed by atoms with van der Waals surface area (Å²) in [5.74, 6) is -0.0258. The van der Waals surface area contributed by atoms with Gasteiger partial charge in [0.1, 0.15) is 0 Å². The fraction of sp³-hybridized carbons (Fsp3) is 0.922. The molecule has 0 aromatic carbocycles. The summed E-state index contributed by atoms with van der Waals surface area (Å²) in [5, 5.41) is 23.5. The van der Waals surface area contributed by atoms with Crippen LogP contribution in [0.5, 0.6) is 0 Å². The van der Waals surface area contributed by atoms with Gasteiger partial charge < -0.3 is 20.3 Å². The minimum Gasteiger partial charge on any atom is -0.466 e. The predicted molar refractivity (Wildman–Crippen MR) is 366 cm³/mol. The Bertz CT molecular complexity index is 1300. The Labute approximate surface area is 520 Å². The van der Waals surface area contributed by atoms with Crippen LogP contribution >= 0.6 is 0 Å². The molecule has 0 aliphatic heterocycles. The number of hydrogen-bond acceptors (Lipinski definition) is 5. The van der Waals surface area contributed by atoms with E-state index in [0.29, 0.717) is 25.9 Å². The summed E-state index contributed by atoms with van der Waals surface area (Å²) in [6, 6.07) is -0.548. The summed E-state index contributed by atoms with van der Waals surface area (Å²) in [5.41, 5.74) is 0. The second-order valence-corrected chi connectivity index (χ2v) is 26.3. The lowest BCUT2D eigenvalue weighted by Crippen LogP contribution is -2.45. The number of ether oxygens (including phenoxy) is 1. The van der Waals surface area contributed by atoms with E-state index in [4.69, 9.17) is 4.74 Å². The van der Waals surface area contributed by atoms with Crippen LogP contribution in [-0.4, -0.2) is 47.4 Å². The van der Waals surface area contributed by atoms with Crippen molar-refractivity contribution < 1.29 is 24.5 Å². The van der Waals surface area contributed by atoms with E-state index >= 15 is 0 Å². The molecule has 0 heterocycles. The third kappa shape index (κ3) is 69.3. The Hall–Kier alpha value is -1.66. The first kappa shape index (κ1) is 81.3. The number of aliphatic hydroxyl groups is 2. The quantitative estimate of drug-likeness (QED) is 0.0320. The molecule has 0 aliphatic carbocycles. The lowest BCUT2D eigenvalue weighted by atomic mass is 10.0. The van der Waals surface area contributed by atoms with Gasteiger partial charge in [-0.05, 0) is 77.0 Å². The van der Waals surface area contributed by atoms with Gasteiger partial charge in [-0.2, -0.15) is 0 Å². The number of rotatable bonds is 72. The maximum atomic E-state index is 12.6. The molecule has 0 spiro atoms. The number of allylic oxidation sites excluding steroid dienone is 4. The third-order valence-electron chi connectivity index (χ3n) is 18.0. The van der Waals surface area contributed by atoms with Crippen LogP contribution in [0.2, 0.25) is 0 Å². The molecular weight excluding hydrogens is 1020 g/mol. The topological polar surface area (TPSA) is 95.9 Å². The molecule has 0 bridgehead atoms. The SMILES string of the molecule is CCCCCCCC/C=C\CCCCCCCCCCCC(=O)OCCCCCCCCCCCCC/C=C\CCCCCCCCCC(=O)NC(CO)C(O)CCCCCCCCCCCCCCCCCCCCCCCCCCC. The van der Waals surface area contributed by atoms with Gasteiger partial charge >= 0.3 is 5.97 Å². The summed E-state index contributed by atoms with van der Waals surface area (Å²) >= 11 is 0. The number of hydrogen-bond donors (Lipinski definition) is 3. The molecule has 0 radical (unpaired) electrons. The minimum absolute atomic E-state index is 0.0109. The van der Waals surface area contributed by atoms with E-state index in [0.717, 1.165) is 44.9 Å². The third-order valence-corrected chi connectivity index (χ3v) is 18.0. The molecule has 492 valence electrons. The molecule has 83 heavy (non-hydrogen) atoms. The summed E-state index contributed by atoms with van der Waals surface area (Å²) in [6.45, 7) is 4.99. The first-order chi connectivity index (χ1) is 41.0. The second kappa shape index (κ2) is 72.8. The molecule has 0 saturated carbocycles. The Morgan fingerprint density at radius 1 is 0.325 bits per heavy atom. The smallest absolute Gasteiger partial charge is 0.305 e. The Morgan fingerprint density at radius 3 is 0.855 bits per heavy atom. The van der Waals surface area contributed by atoms with Crippen LogP contribution < -0.4 is 5.32 Å². The highest BCUT2D eigenvalue weighted by atomic mass is 16.5. The monoisotopic (exact) mass is 1170 g/mol. The van der Waals surface area contributed by atoms with Crippen molar-refractivity contribution in [1.29, 1.82) is 0 Å². The zero-order valence-corrected chi connectivity index (χ0v) is 56.5. The molecule has 0 aromatic rings. The van der Waals surface area contributed by atoms with E-state index in [1.807, 2.05) is 0 Å². The van der Waals surface area contributed by atoms with E-state index in [9.17, 15) is 19.8 Å². The van der Waals surface area contributed by atoms with Crippen molar-refractivity contribution >= 4 is 11.9 Å². The predicted octanol–water partition coefficient (Wildman–Crippen LogP) is 24.9. The average Bonchev–Trinajstić information content (AvgIpc) is 3.49. The summed E-state index contributed by atoms with van der Waals surface area (Å²) in [7, 11) is 0. The van der Waals surface area contributed by atoms with Gasteiger partial charge in [-0.25, -0.2) is 0 Å². The van der Waals surface area contributed by atoms with Gasteiger partial charge in [-0.3, -0.25) is 9.59 Å².